The fraction of sp³-hybridized carbons (Fsp3) is 0.222. The highest BCUT2D eigenvalue weighted by Crippen LogP contribution is 2.27. The van der Waals surface area contributed by atoms with Gasteiger partial charge in [-0.05, 0) is 49.4 Å². The summed E-state index contributed by atoms with van der Waals surface area (Å²) < 4.78 is 15.3. The van der Waals surface area contributed by atoms with Crippen LogP contribution in [-0.4, -0.2) is 32.2 Å². The minimum Gasteiger partial charge on any atom is -0.495 e. The fourth-order valence-electron chi connectivity index (χ4n) is 2.01. The minimum absolute atomic E-state index is 0.337. The van der Waals surface area contributed by atoms with Crippen LogP contribution in [0.2, 0.25) is 5.02 Å². The highest BCUT2D eigenvalue weighted by Gasteiger charge is 2.11. The Morgan fingerprint density at radius 3 is 2.44 bits per heavy atom. The maximum Gasteiger partial charge on any atom is 0.338 e. The van der Waals surface area contributed by atoms with Gasteiger partial charge in [-0.2, -0.15) is 0 Å². The zero-order chi connectivity index (χ0) is 18.2. The third-order valence-electron chi connectivity index (χ3n) is 3.17. The number of nitrogens with one attached hydrogen (secondary N) is 1. The van der Waals surface area contributed by atoms with Crippen molar-refractivity contribution in [1.29, 1.82) is 0 Å². The van der Waals surface area contributed by atoms with E-state index in [-0.39, 0.29) is 0 Å². The Morgan fingerprint density at radius 1 is 1.12 bits per heavy atom. The molecule has 2 aromatic carbocycles. The lowest BCUT2D eigenvalue weighted by molar-refractivity contribution is -0.119. The summed E-state index contributed by atoms with van der Waals surface area (Å²) in [5, 5.41) is 2.96. The number of benzene rings is 2. The second-order valence-corrected chi connectivity index (χ2v) is 5.34. The van der Waals surface area contributed by atoms with E-state index < -0.39 is 18.5 Å². The first-order valence-corrected chi connectivity index (χ1v) is 7.94. The molecule has 25 heavy (non-hydrogen) atoms. The second kappa shape index (κ2) is 8.94. The molecule has 132 valence electrons. The van der Waals surface area contributed by atoms with Crippen LogP contribution in [0.25, 0.3) is 0 Å². The van der Waals surface area contributed by atoms with Crippen LogP contribution in [0.5, 0.6) is 11.5 Å². The Kier molecular flexibility index (Phi) is 6.65. The van der Waals surface area contributed by atoms with E-state index in [4.69, 9.17) is 25.8 Å². The molecule has 0 unspecified atom stereocenters. The predicted molar refractivity (Wildman–Crippen MR) is 94.5 cm³/mol. The molecule has 0 atom stereocenters. The summed E-state index contributed by atoms with van der Waals surface area (Å²) in [4.78, 5) is 23.8. The number of rotatable bonds is 7. The van der Waals surface area contributed by atoms with Gasteiger partial charge in [0.15, 0.2) is 6.61 Å². The van der Waals surface area contributed by atoms with E-state index in [1.54, 1.807) is 42.5 Å². The molecule has 6 nitrogen and oxygen atoms in total. The maximum absolute atomic E-state index is 11.9. The third-order valence-corrected chi connectivity index (χ3v) is 3.47. The van der Waals surface area contributed by atoms with Crippen LogP contribution < -0.4 is 14.8 Å². The molecule has 0 spiro atoms. The number of methoxy groups -OCH3 is 1. The molecule has 0 bridgehead atoms. The maximum atomic E-state index is 11.9. The van der Waals surface area contributed by atoms with Crippen molar-refractivity contribution < 1.29 is 23.8 Å². The van der Waals surface area contributed by atoms with Crippen molar-refractivity contribution in [2.75, 3.05) is 25.6 Å². The van der Waals surface area contributed by atoms with E-state index in [2.05, 4.69) is 5.32 Å². The van der Waals surface area contributed by atoms with Gasteiger partial charge in [-0.1, -0.05) is 11.6 Å². The lowest BCUT2D eigenvalue weighted by Crippen LogP contribution is -2.20. The first-order chi connectivity index (χ1) is 12.0. The number of amides is 1. The molecule has 2 aromatic rings. The average Bonchev–Trinajstić information content (AvgIpc) is 2.61. The van der Waals surface area contributed by atoms with E-state index in [1.807, 2.05) is 6.92 Å². The fourth-order valence-corrected chi connectivity index (χ4v) is 2.27. The second-order valence-electron chi connectivity index (χ2n) is 4.93. The zero-order valence-corrected chi connectivity index (χ0v) is 14.6. The molecule has 0 heterocycles. The van der Waals surface area contributed by atoms with Gasteiger partial charge in [0, 0.05) is 5.69 Å². The number of esters is 1. The number of ether oxygens (including phenoxy) is 3. The Morgan fingerprint density at radius 2 is 1.84 bits per heavy atom. The number of carbonyl (C=O) groups is 2. The Hall–Kier alpha value is -2.73. The Bertz CT molecular complexity index is 746. The van der Waals surface area contributed by atoms with Crippen LogP contribution in [0.3, 0.4) is 0 Å². The lowest BCUT2D eigenvalue weighted by Gasteiger charge is -2.09. The van der Waals surface area contributed by atoms with E-state index in [9.17, 15) is 9.59 Å². The SMILES string of the molecule is CCOc1ccc(C(=O)OCC(=O)Nc2ccc(OC)c(Cl)c2)cc1. The molecule has 7 heteroatoms. The number of hydrogen-bond acceptors (Lipinski definition) is 5. The zero-order valence-electron chi connectivity index (χ0n) is 13.9. The van der Waals surface area contributed by atoms with Gasteiger partial charge in [0.1, 0.15) is 11.5 Å². The van der Waals surface area contributed by atoms with Gasteiger partial charge < -0.3 is 19.5 Å². The molecule has 1 N–H and O–H groups in total. The number of carbonyl (C=O) groups excluding carboxylic acids is 2. The van der Waals surface area contributed by atoms with Crippen molar-refractivity contribution in [3.8, 4) is 11.5 Å². The number of halogens is 1. The van der Waals surface area contributed by atoms with Crippen LogP contribution in [0, 0.1) is 0 Å². The summed E-state index contributed by atoms with van der Waals surface area (Å²) in [6.07, 6.45) is 0. The van der Waals surface area contributed by atoms with Gasteiger partial charge >= 0.3 is 5.97 Å². The summed E-state index contributed by atoms with van der Waals surface area (Å²) in [6.45, 7) is 2.01. The minimum atomic E-state index is -0.592. The highest BCUT2D eigenvalue weighted by atomic mass is 35.5. The van der Waals surface area contributed by atoms with Crippen molar-refractivity contribution in [1.82, 2.24) is 0 Å². The van der Waals surface area contributed by atoms with E-state index in [0.717, 1.165) is 0 Å². The first-order valence-electron chi connectivity index (χ1n) is 7.57. The van der Waals surface area contributed by atoms with Crippen molar-refractivity contribution in [3.63, 3.8) is 0 Å². The number of hydrogen-bond donors (Lipinski definition) is 1. The van der Waals surface area contributed by atoms with Gasteiger partial charge in [-0.3, -0.25) is 4.79 Å². The normalized spacial score (nSPS) is 10.0. The van der Waals surface area contributed by atoms with Crippen LogP contribution in [0.4, 0.5) is 5.69 Å². The third kappa shape index (κ3) is 5.39. The molecular weight excluding hydrogens is 346 g/mol. The van der Waals surface area contributed by atoms with E-state index in [0.29, 0.717) is 34.4 Å². The quantitative estimate of drug-likeness (QED) is 0.761. The lowest BCUT2D eigenvalue weighted by atomic mass is 10.2. The first kappa shape index (κ1) is 18.6. The summed E-state index contributed by atoms with van der Waals surface area (Å²) in [5.41, 5.74) is 0.816. The average molecular weight is 364 g/mol. The van der Waals surface area contributed by atoms with Gasteiger partial charge in [0.05, 0.1) is 24.3 Å². The van der Waals surface area contributed by atoms with Crippen LogP contribution >= 0.6 is 11.6 Å². The van der Waals surface area contributed by atoms with Crippen molar-refractivity contribution in [2.24, 2.45) is 0 Å². The summed E-state index contributed by atoms with van der Waals surface area (Å²) >= 11 is 5.98. The molecule has 2 rings (SSSR count). The molecule has 0 aromatic heterocycles. The Balaban J connectivity index is 1.86. The van der Waals surface area contributed by atoms with Crippen molar-refractivity contribution in [2.45, 2.75) is 6.92 Å². The van der Waals surface area contributed by atoms with E-state index >= 15 is 0 Å². The largest absolute Gasteiger partial charge is 0.495 e. The van der Waals surface area contributed by atoms with E-state index in [1.165, 1.54) is 7.11 Å². The smallest absolute Gasteiger partial charge is 0.338 e. The monoisotopic (exact) mass is 363 g/mol. The molecule has 0 aliphatic rings. The predicted octanol–water partition coefficient (Wildman–Crippen LogP) is 3.54. The molecule has 0 aliphatic carbocycles. The van der Waals surface area contributed by atoms with Crippen LogP contribution in [0.15, 0.2) is 42.5 Å². The molecular formula is C18H18ClNO5. The summed E-state index contributed by atoms with van der Waals surface area (Å²) in [7, 11) is 1.50. The Labute approximate surface area is 150 Å². The van der Waals surface area contributed by atoms with Crippen LogP contribution in [0.1, 0.15) is 17.3 Å². The number of anilines is 1. The molecule has 0 saturated heterocycles. The van der Waals surface area contributed by atoms with Crippen molar-refractivity contribution >= 4 is 29.2 Å². The standard InChI is InChI=1S/C18H18ClNO5/c1-3-24-14-7-4-12(5-8-14)18(22)25-11-17(21)20-13-6-9-16(23-2)15(19)10-13/h4-10H,3,11H2,1-2H3,(H,20,21). The highest BCUT2D eigenvalue weighted by molar-refractivity contribution is 6.32. The molecule has 0 fully saturated rings. The summed E-state index contributed by atoms with van der Waals surface area (Å²) in [5.74, 6) is 0.0984. The van der Waals surface area contributed by atoms with Gasteiger partial charge in [0.25, 0.3) is 5.91 Å². The molecule has 1 amide bonds. The van der Waals surface area contributed by atoms with Crippen LogP contribution in [-0.2, 0) is 9.53 Å². The molecule has 0 saturated carbocycles. The van der Waals surface area contributed by atoms with Gasteiger partial charge in [-0.15, -0.1) is 0 Å². The molecule has 0 radical (unpaired) electrons. The topological polar surface area (TPSA) is 73.9 Å². The molecule has 0 aliphatic heterocycles. The van der Waals surface area contributed by atoms with Gasteiger partial charge in [-0.25, -0.2) is 4.79 Å². The summed E-state index contributed by atoms with van der Waals surface area (Å²) in [6, 6.07) is 11.3. The van der Waals surface area contributed by atoms with Crippen molar-refractivity contribution in [3.05, 3.63) is 53.1 Å². The van der Waals surface area contributed by atoms with Gasteiger partial charge in [0.2, 0.25) is 0 Å².